The molecule has 1 heterocycles. The van der Waals surface area contributed by atoms with Crippen molar-refractivity contribution in [2.24, 2.45) is 0 Å². The maximum absolute atomic E-state index is 10.0. The molecule has 1 aliphatic rings. The molecule has 15 heavy (non-hydrogen) atoms. The highest BCUT2D eigenvalue weighted by Crippen LogP contribution is 2.34. The molecule has 2 nitrogen and oxygen atoms in total. The van der Waals surface area contributed by atoms with E-state index in [1.54, 1.807) is 5.06 Å². The van der Waals surface area contributed by atoms with Crippen molar-refractivity contribution in [3.63, 3.8) is 0 Å². The lowest BCUT2D eigenvalue weighted by Gasteiger charge is -2.43. The van der Waals surface area contributed by atoms with Crippen molar-refractivity contribution < 1.29 is 5.21 Å². The molecule has 88 valence electrons. The topological polar surface area (TPSA) is 23.5 Å². The van der Waals surface area contributed by atoms with Gasteiger partial charge in [0.2, 0.25) is 0 Å². The van der Waals surface area contributed by atoms with E-state index in [2.05, 4.69) is 13.5 Å². The van der Waals surface area contributed by atoms with Crippen molar-refractivity contribution >= 4 is 0 Å². The summed E-state index contributed by atoms with van der Waals surface area (Å²) in [5.41, 5.74) is 0.00910. The van der Waals surface area contributed by atoms with Crippen LogP contribution in [0.4, 0.5) is 0 Å². The lowest BCUT2D eigenvalue weighted by Crippen LogP contribution is -2.49. The molecule has 0 aromatic carbocycles. The number of rotatable bonds is 6. The molecule has 0 saturated carbocycles. The van der Waals surface area contributed by atoms with Gasteiger partial charge in [-0.1, -0.05) is 38.7 Å². The number of hydrogen-bond donors (Lipinski definition) is 1. The zero-order valence-electron chi connectivity index (χ0n) is 10.0. The molecule has 2 heteroatoms. The average Bonchev–Trinajstić information content (AvgIpc) is 2.23. The van der Waals surface area contributed by atoms with Crippen LogP contribution in [0.25, 0.3) is 0 Å². The smallest absolute Gasteiger partial charge is 0.0494 e. The van der Waals surface area contributed by atoms with Gasteiger partial charge in [0.05, 0.1) is 0 Å². The largest absolute Gasteiger partial charge is 0.313 e. The normalized spacial score (nSPS) is 27.9. The van der Waals surface area contributed by atoms with Gasteiger partial charge in [-0.15, -0.1) is 6.58 Å². The van der Waals surface area contributed by atoms with Crippen LogP contribution in [0.3, 0.4) is 0 Å². The first-order valence-corrected chi connectivity index (χ1v) is 6.32. The monoisotopic (exact) mass is 211 g/mol. The summed E-state index contributed by atoms with van der Waals surface area (Å²) in [5.74, 6) is 0. The molecule has 0 bridgehead atoms. The fourth-order valence-electron chi connectivity index (χ4n) is 2.62. The summed E-state index contributed by atoms with van der Waals surface area (Å²) < 4.78 is 0. The molecule has 1 unspecified atom stereocenters. The SMILES string of the molecule is C=CCC1(CCCCC)CCCCN1O. The zero-order valence-corrected chi connectivity index (χ0v) is 10.0. The predicted molar refractivity (Wildman–Crippen MR) is 64.0 cm³/mol. The van der Waals surface area contributed by atoms with Crippen LogP contribution in [0.15, 0.2) is 12.7 Å². The third kappa shape index (κ3) is 3.32. The number of hydrogen-bond acceptors (Lipinski definition) is 2. The second-order valence-corrected chi connectivity index (χ2v) is 4.75. The highest BCUT2D eigenvalue weighted by Gasteiger charge is 2.36. The molecule has 0 aliphatic carbocycles. The van der Waals surface area contributed by atoms with Gasteiger partial charge in [-0.2, -0.15) is 5.06 Å². The molecule has 0 spiro atoms. The van der Waals surface area contributed by atoms with Crippen LogP contribution in [0.5, 0.6) is 0 Å². The van der Waals surface area contributed by atoms with Crippen LogP contribution in [-0.2, 0) is 0 Å². The zero-order chi connectivity index (χ0) is 11.1. The summed E-state index contributed by atoms with van der Waals surface area (Å²) in [4.78, 5) is 0. The minimum absolute atomic E-state index is 0.00910. The molecule has 1 N–H and O–H groups in total. The second-order valence-electron chi connectivity index (χ2n) is 4.75. The van der Waals surface area contributed by atoms with Gasteiger partial charge in [-0.3, -0.25) is 0 Å². The molecule has 1 aliphatic heterocycles. The molecule has 1 saturated heterocycles. The Morgan fingerprint density at radius 3 is 2.80 bits per heavy atom. The average molecular weight is 211 g/mol. The number of unbranched alkanes of at least 4 members (excludes halogenated alkanes) is 2. The molecular formula is C13H25NO. The van der Waals surface area contributed by atoms with Gasteiger partial charge in [-0.25, -0.2) is 0 Å². The summed E-state index contributed by atoms with van der Waals surface area (Å²) in [6, 6.07) is 0. The quantitative estimate of drug-likeness (QED) is 0.534. The van der Waals surface area contributed by atoms with E-state index in [-0.39, 0.29) is 5.54 Å². The van der Waals surface area contributed by atoms with Crippen LogP contribution in [0, 0.1) is 0 Å². The van der Waals surface area contributed by atoms with Crippen LogP contribution >= 0.6 is 0 Å². The molecule has 0 aromatic heterocycles. The second kappa shape index (κ2) is 6.29. The Morgan fingerprint density at radius 1 is 1.40 bits per heavy atom. The summed E-state index contributed by atoms with van der Waals surface area (Å²) in [6.07, 6.45) is 11.2. The van der Waals surface area contributed by atoms with Crippen molar-refractivity contribution in [3.8, 4) is 0 Å². The molecule has 1 atom stereocenters. The lowest BCUT2D eigenvalue weighted by atomic mass is 9.81. The predicted octanol–water partition coefficient (Wildman–Crippen LogP) is 3.76. The van der Waals surface area contributed by atoms with E-state index in [9.17, 15) is 5.21 Å². The number of hydroxylamine groups is 2. The van der Waals surface area contributed by atoms with E-state index >= 15 is 0 Å². The Bertz CT molecular complexity index is 193. The summed E-state index contributed by atoms with van der Waals surface area (Å²) >= 11 is 0. The molecular weight excluding hydrogens is 186 g/mol. The number of nitrogens with zero attached hydrogens (tertiary/aromatic N) is 1. The molecule has 0 radical (unpaired) electrons. The Labute approximate surface area is 93.9 Å². The standard InChI is InChI=1S/C13H25NO/c1-3-5-6-10-13(9-4-2)11-7-8-12-14(13)15/h4,15H,2-3,5-12H2,1H3. The van der Waals surface area contributed by atoms with Crippen molar-refractivity contribution in [3.05, 3.63) is 12.7 Å². The maximum Gasteiger partial charge on any atom is 0.0494 e. The third-order valence-corrected chi connectivity index (χ3v) is 3.58. The maximum atomic E-state index is 10.0. The fraction of sp³-hybridized carbons (Fsp3) is 0.846. The van der Waals surface area contributed by atoms with Crippen LogP contribution in [0.2, 0.25) is 0 Å². The molecule has 0 aromatic rings. The van der Waals surface area contributed by atoms with Gasteiger partial charge in [0, 0.05) is 12.1 Å². The van der Waals surface area contributed by atoms with Crippen molar-refractivity contribution in [2.75, 3.05) is 6.54 Å². The minimum Gasteiger partial charge on any atom is -0.313 e. The van der Waals surface area contributed by atoms with Gasteiger partial charge < -0.3 is 5.21 Å². The Kier molecular flexibility index (Phi) is 5.34. The van der Waals surface area contributed by atoms with Crippen molar-refractivity contribution in [1.82, 2.24) is 5.06 Å². The van der Waals surface area contributed by atoms with Crippen molar-refractivity contribution in [2.45, 2.75) is 63.8 Å². The van der Waals surface area contributed by atoms with E-state index in [1.165, 1.54) is 25.7 Å². The van der Waals surface area contributed by atoms with Gasteiger partial charge in [-0.05, 0) is 25.7 Å². The highest BCUT2D eigenvalue weighted by molar-refractivity contribution is 4.95. The first-order valence-electron chi connectivity index (χ1n) is 6.32. The van der Waals surface area contributed by atoms with E-state index in [1.807, 2.05) is 6.08 Å². The third-order valence-electron chi connectivity index (χ3n) is 3.58. The van der Waals surface area contributed by atoms with Gasteiger partial charge in [0.25, 0.3) is 0 Å². The summed E-state index contributed by atoms with van der Waals surface area (Å²) in [6.45, 7) is 6.88. The highest BCUT2D eigenvalue weighted by atomic mass is 16.5. The molecule has 1 rings (SSSR count). The summed E-state index contributed by atoms with van der Waals surface area (Å²) in [5, 5.41) is 11.6. The first kappa shape index (κ1) is 12.7. The minimum atomic E-state index is 0.00910. The van der Waals surface area contributed by atoms with Gasteiger partial charge in [0.15, 0.2) is 0 Å². The fourth-order valence-corrected chi connectivity index (χ4v) is 2.62. The first-order chi connectivity index (χ1) is 7.25. The van der Waals surface area contributed by atoms with E-state index < -0.39 is 0 Å². The Balaban J connectivity index is 2.54. The summed E-state index contributed by atoms with van der Waals surface area (Å²) in [7, 11) is 0. The lowest BCUT2D eigenvalue weighted by molar-refractivity contribution is -0.193. The molecule has 1 fully saturated rings. The van der Waals surface area contributed by atoms with E-state index in [0.717, 1.165) is 32.2 Å². The molecule has 0 amide bonds. The van der Waals surface area contributed by atoms with Crippen LogP contribution in [-0.4, -0.2) is 22.4 Å². The van der Waals surface area contributed by atoms with E-state index in [4.69, 9.17) is 0 Å². The van der Waals surface area contributed by atoms with Crippen LogP contribution < -0.4 is 0 Å². The Hall–Kier alpha value is -0.340. The Morgan fingerprint density at radius 2 is 2.20 bits per heavy atom. The number of piperidine rings is 1. The van der Waals surface area contributed by atoms with Gasteiger partial charge in [0.1, 0.15) is 0 Å². The van der Waals surface area contributed by atoms with E-state index in [0.29, 0.717) is 0 Å². The van der Waals surface area contributed by atoms with Crippen molar-refractivity contribution in [1.29, 1.82) is 0 Å². The van der Waals surface area contributed by atoms with Gasteiger partial charge >= 0.3 is 0 Å². The van der Waals surface area contributed by atoms with Crippen LogP contribution in [0.1, 0.15) is 58.3 Å².